The number of amides is 1. The quantitative estimate of drug-likeness (QED) is 0.817. The van der Waals surface area contributed by atoms with Gasteiger partial charge >= 0.3 is 0 Å². The Morgan fingerprint density at radius 2 is 2.21 bits per heavy atom. The van der Waals surface area contributed by atoms with E-state index in [1.165, 1.54) is 0 Å². The van der Waals surface area contributed by atoms with Gasteiger partial charge < -0.3 is 9.73 Å². The largest absolute Gasteiger partial charge is 0.451 e. The van der Waals surface area contributed by atoms with Crippen molar-refractivity contribution in [3.63, 3.8) is 0 Å². The van der Waals surface area contributed by atoms with Gasteiger partial charge in [0.2, 0.25) is 0 Å². The van der Waals surface area contributed by atoms with E-state index >= 15 is 0 Å². The van der Waals surface area contributed by atoms with Gasteiger partial charge in [0.1, 0.15) is 5.58 Å². The van der Waals surface area contributed by atoms with Gasteiger partial charge in [-0.2, -0.15) is 0 Å². The molecule has 0 aliphatic carbocycles. The van der Waals surface area contributed by atoms with Crippen LogP contribution in [0.25, 0.3) is 11.0 Å². The molecule has 2 rings (SSSR count). The second-order valence-corrected chi connectivity index (χ2v) is 4.99. The molecule has 1 aromatic carbocycles. The first-order chi connectivity index (χ1) is 9.24. The molecule has 1 atom stereocenters. The lowest BCUT2D eigenvalue weighted by atomic mass is 10.0. The Kier molecular flexibility index (Phi) is 4.86. The summed E-state index contributed by atoms with van der Waals surface area (Å²) in [7, 11) is 0. The number of benzene rings is 1. The smallest absolute Gasteiger partial charge is 0.287 e. The number of carbonyl (C=O) groups excluding carboxylic acids is 1. The van der Waals surface area contributed by atoms with E-state index in [0.29, 0.717) is 24.1 Å². The summed E-state index contributed by atoms with van der Waals surface area (Å²) in [5, 5.41) is 3.85. The molecule has 1 aromatic heterocycles. The first-order valence-electron chi connectivity index (χ1n) is 6.57. The van der Waals surface area contributed by atoms with Gasteiger partial charge in [-0.3, -0.25) is 4.79 Å². The number of furan rings is 1. The van der Waals surface area contributed by atoms with Crippen molar-refractivity contribution in [3.05, 3.63) is 36.1 Å². The van der Waals surface area contributed by atoms with Crippen LogP contribution >= 0.6 is 11.6 Å². The molecule has 0 aliphatic rings. The molecule has 1 N–H and O–H groups in total. The molecule has 1 unspecified atom stereocenters. The third kappa shape index (κ3) is 3.51. The summed E-state index contributed by atoms with van der Waals surface area (Å²) in [5.41, 5.74) is 0.737. The monoisotopic (exact) mass is 279 g/mol. The van der Waals surface area contributed by atoms with Crippen LogP contribution in [-0.4, -0.2) is 18.3 Å². The lowest BCUT2D eigenvalue weighted by Crippen LogP contribution is -2.29. The molecule has 4 heteroatoms. The summed E-state index contributed by atoms with van der Waals surface area (Å²) in [4.78, 5) is 12.0. The minimum absolute atomic E-state index is 0.163. The van der Waals surface area contributed by atoms with Gasteiger partial charge in [-0.25, -0.2) is 0 Å². The van der Waals surface area contributed by atoms with E-state index < -0.39 is 0 Å². The van der Waals surface area contributed by atoms with Crippen LogP contribution in [0.4, 0.5) is 0 Å². The Morgan fingerprint density at radius 1 is 1.42 bits per heavy atom. The van der Waals surface area contributed by atoms with Gasteiger partial charge in [0.15, 0.2) is 5.76 Å². The van der Waals surface area contributed by atoms with Crippen LogP contribution in [0.3, 0.4) is 0 Å². The Bertz CT molecular complexity index is 517. The number of hydrogen-bond donors (Lipinski definition) is 1. The van der Waals surface area contributed by atoms with Crippen molar-refractivity contribution in [2.45, 2.75) is 19.8 Å². The van der Waals surface area contributed by atoms with Crippen LogP contribution in [0.5, 0.6) is 0 Å². The molecule has 0 saturated heterocycles. The summed E-state index contributed by atoms with van der Waals surface area (Å²) >= 11 is 5.73. The highest BCUT2D eigenvalue weighted by atomic mass is 35.5. The van der Waals surface area contributed by atoms with Gasteiger partial charge in [0, 0.05) is 17.8 Å². The van der Waals surface area contributed by atoms with E-state index in [2.05, 4.69) is 12.2 Å². The molecule has 102 valence electrons. The first kappa shape index (κ1) is 13.9. The fraction of sp³-hybridized carbons (Fsp3) is 0.400. The van der Waals surface area contributed by atoms with E-state index in [1.54, 1.807) is 6.07 Å². The molecule has 0 bridgehead atoms. The van der Waals surface area contributed by atoms with E-state index in [-0.39, 0.29) is 5.91 Å². The van der Waals surface area contributed by atoms with Crippen molar-refractivity contribution >= 4 is 28.5 Å². The highest BCUT2D eigenvalue weighted by Crippen LogP contribution is 2.18. The topological polar surface area (TPSA) is 42.2 Å². The van der Waals surface area contributed by atoms with Gasteiger partial charge in [-0.15, -0.1) is 11.6 Å². The van der Waals surface area contributed by atoms with E-state index in [1.807, 2.05) is 24.3 Å². The van der Waals surface area contributed by atoms with Gasteiger partial charge in [-0.1, -0.05) is 31.5 Å². The number of rotatable bonds is 6. The normalized spacial score (nSPS) is 12.5. The molecule has 1 heterocycles. The van der Waals surface area contributed by atoms with Gasteiger partial charge in [0.25, 0.3) is 5.91 Å². The lowest BCUT2D eigenvalue weighted by Gasteiger charge is -2.13. The number of halogens is 1. The van der Waals surface area contributed by atoms with Crippen molar-refractivity contribution in [3.8, 4) is 0 Å². The summed E-state index contributed by atoms with van der Waals surface area (Å²) < 4.78 is 5.52. The summed E-state index contributed by atoms with van der Waals surface area (Å²) in [6, 6.07) is 9.37. The predicted molar refractivity (Wildman–Crippen MR) is 77.7 cm³/mol. The maximum absolute atomic E-state index is 12.0. The molecular formula is C15H18ClNO2. The maximum atomic E-state index is 12.0. The van der Waals surface area contributed by atoms with Crippen molar-refractivity contribution in [2.24, 2.45) is 5.92 Å². The zero-order chi connectivity index (χ0) is 13.7. The standard InChI is InChI=1S/C15H18ClNO2/c1-2-11(7-8-16)10-17-15(18)14-9-12-5-3-4-6-13(12)19-14/h3-6,9,11H,2,7-8,10H2,1H3,(H,17,18). The van der Waals surface area contributed by atoms with Crippen LogP contribution in [0.2, 0.25) is 0 Å². The van der Waals surface area contributed by atoms with Gasteiger partial charge in [0.05, 0.1) is 0 Å². The summed E-state index contributed by atoms with van der Waals surface area (Å²) in [6.45, 7) is 2.74. The average Bonchev–Trinajstić information content (AvgIpc) is 2.87. The Labute approximate surface area is 117 Å². The molecule has 0 radical (unpaired) electrons. The molecule has 2 aromatic rings. The molecule has 19 heavy (non-hydrogen) atoms. The van der Waals surface area contributed by atoms with Crippen LogP contribution in [0.15, 0.2) is 34.7 Å². The first-order valence-corrected chi connectivity index (χ1v) is 7.10. The van der Waals surface area contributed by atoms with E-state index in [0.717, 1.165) is 23.8 Å². The number of alkyl halides is 1. The fourth-order valence-corrected chi connectivity index (χ4v) is 2.33. The molecule has 0 aliphatic heterocycles. The minimum Gasteiger partial charge on any atom is -0.451 e. The maximum Gasteiger partial charge on any atom is 0.287 e. The predicted octanol–water partition coefficient (Wildman–Crippen LogP) is 3.82. The lowest BCUT2D eigenvalue weighted by molar-refractivity contribution is 0.0921. The van der Waals surface area contributed by atoms with Crippen molar-refractivity contribution in [1.82, 2.24) is 5.32 Å². The minimum atomic E-state index is -0.163. The Balaban J connectivity index is 1.99. The highest BCUT2D eigenvalue weighted by Gasteiger charge is 2.13. The van der Waals surface area contributed by atoms with Crippen molar-refractivity contribution < 1.29 is 9.21 Å². The van der Waals surface area contributed by atoms with Gasteiger partial charge in [-0.05, 0) is 24.5 Å². The fourth-order valence-electron chi connectivity index (χ4n) is 2.02. The third-order valence-corrected chi connectivity index (χ3v) is 3.51. The number of nitrogens with one attached hydrogen (secondary N) is 1. The van der Waals surface area contributed by atoms with E-state index in [4.69, 9.17) is 16.0 Å². The average molecular weight is 280 g/mol. The molecule has 0 spiro atoms. The Morgan fingerprint density at radius 3 is 2.89 bits per heavy atom. The Hall–Kier alpha value is -1.48. The molecular weight excluding hydrogens is 262 g/mol. The molecule has 1 amide bonds. The van der Waals surface area contributed by atoms with Crippen molar-refractivity contribution in [2.75, 3.05) is 12.4 Å². The second kappa shape index (κ2) is 6.62. The zero-order valence-corrected chi connectivity index (χ0v) is 11.7. The number of para-hydroxylation sites is 1. The highest BCUT2D eigenvalue weighted by molar-refractivity contribution is 6.17. The SMILES string of the molecule is CCC(CCCl)CNC(=O)c1cc2ccccc2o1. The number of fused-ring (bicyclic) bond motifs is 1. The van der Waals surface area contributed by atoms with Crippen LogP contribution < -0.4 is 5.32 Å². The molecule has 0 saturated carbocycles. The zero-order valence-electron chi connectivity index (χ0n) is 11.0. The van der Waals surface area contributed by atoms with E-state index in [9.17, 15) is 4.79 Å². The molecule has 3 nitrogen and oxygen atoms in total. The third-order valence-electron chi connectivity index (χ3n) is 3.30. The van der Waals surface area contributed by atoms with Crippen LogP contribution in [0, 0.1) is 5.92 Å². The summed E-state index contributed by atoms with van der Waals surface area (Å²) in [5.74, 6) is 1.25. The van der Waals surface area contributed by atoms with Crippen LogP contribution in [0.1, 0.15) is 30.3 Å². The number of hydrogen-bond acceptors (Lipinski definition) is 2. The van der Waals surface area contributed by atoms with Crippen LogP contribution in [-0.2, 0) is 0 Å². The summed E-state index contributed by atoms with van der Waals surface area (Å²) in [6.07, 6.45) is 1.92. The number of carbonyl (C=O) groups is 1. The van der Waals surface area contributed by atoms with Crippen molar-refractivity contribution in [1.29, 1.82) is 0 Å². The second-order valence-electron chi connectivity index (χ2n) is 4.61. The molecule has 0 fully saturated rings.